The van der Waals surface area contributed by atoms with E-state index in [0.29, 0.717) is 5.56 Å². The largest absolute Gasteiger partial charge is 0.418 e. The van der Waals surface area contributed by atoms with Crippen LogP contribution in [0, 0.1) is 5.82 Å². The van der Waals surface area contributed by atoms with Crippen molar-refractivity contribution in [1.29, 1.82) is 0 Å². The van der Waals surface area contributed by atoms with E-state index in [0.717, 1.165) is 18.2 Å². The lowest BCUT2D eigenvalue weighted by Crippen LogP contribution is -2.23. The molecule has 0 radical (unpaired) electrons. The third-order valence-corrected chi connectivity index (χ3v) is 4.17. The molecule has 0 saturated heterocycles. The van der Waals surface area contributed by atoms with Gasteiger partial charge < -0.3 is 16.0 Å². The van der Waals surface area contributed by atoms with Gasteiger partial charge in [-0.25, -0.2) is 4.39 Å². The molecule has 0 saturated carbocycles. The lowest BCUT2D eigenvalue weighted by molar-refractivity contribution is -0.137. The molecule has 0 aliphatic carbocycles. The van der Waals surface area contributed by atoms with Gasteiger partial charge in [0.2, 0.25) is 5.91 Å². The molecule has 0 fully saturated rings. The minimum absolute atomic E-state index is 0.0454. The number of carbonyl (C=O) groups is 2. The summed E-state index contributed by atoms with van der Waals surface area (Å²) < 4.78 is 53.7. The molecule has 160 valence electrons. The van der Waals surface area contributed by atoms with E-state index in [9.17, 15) is 27.2 Å². The summed E-state index contributed by atoms with van der Waals surface area (Å²) >= 11 is 0. The number of carbonyl (C=O) groups excluding carboxylic acids is 2. The topological polar surface area (TPSA) is 70.2 Å². The van der Waals surface area contributed by atoms with Gasteiger partial charge in [0.15, 0.2) is 0 Å². The van der Waals surface area contributed by atoms with E-state index in [2.05, 4.69) is 16.0 Å². The Morgan fingerprint density at radius 2 is 1.52 bits per heavy atom. The first-order valence-electron chi connectivity index (χ1n) is 9.09. The molecule has 9 heteroatoms. The molecule has 0 aliphatic rings. The van der Waals surface area contributed by atoms with Crippen molar-refractivity contribution in [3.63, 3.8) is 0 Å². The summed E-state index contributed by atoms with van der Waals surface area (Å²) in [5.41, 5.74) is -0.943. The Morgan fingerprint density at radius 3 is 2.19 bits per heavy atom. The Balaban J connectivity index is 1.71. The lowest BCUT2D eigenvalue weighted by Gasteiger charge is -2.16. The summed E-state index contributed by atoms with van der Waals surface area (Å²) in [6.45, 7) is -0.477. The van der Waals surface area contributed by atoms with Crippen LogP contribution in [0.25, 0.3) is 0 Å². The molecular weight excluding hydrogens is 414 g/mol. The van der Waals surface area contributed by atoms with Crippen LogP contribution in [-0.4, -0.2) is 18.4 Å². The van der Waals surface area contributed by atoms with Crippen molar-refractivity contribution in [2.75, 3.05) is 22.5 Å². The molecule has 31 heavy (non-hydrogen) atoms. The van der Waals surface area contributed by atoms with E-state index in [4.69, 9.17) is 0 Å². The number of nitrogens with one attached hydrogen (secondary N) is 3. The fourth-order valence-corrected chi connectivity index (χ4v) is 2.75. The van der Waals surface area contributed by atoms with E-state index < -0.39 is 35.9 Å². The highest BCUT2D eigenvalue weighted by molar-refractivity contribution is 6.04. The van der Waals surface area contributed by atoms with Gasteiger partial charge in [-0.05, 0) is 48.5 Å². The van der Waals surface area contributed by atoms with Crippen molar-refractivity contribution in [2.45, 2.75) is 6.18 Å². The number of hydrogen-bond donors (Lipinski definition) is 3. The first-order valence-corrected chi connectivity index (χ1v) is 9.09. The maximum absolute atomic E-state index is 13.5. The van der Waals surface area contributed by atoms with Gasteiger partial charge in [-0.2, -0.15) is 13.2 Å². The number of halogens is 4. The smallest absolute Gasteiger partial charge is 0.376 e. The van der Waals surface area contributed by atoms with Crippen molar-refractivity contribution < 1.29 is 27.2 Å². The molecule has 0 atom stereocenters. The Kier molecular flexibility index (Phi) is 6.54. The van der Waals surface area contributed by atoms with E-state index in [1.165, 1.54) is 36.4 Å². The zero-order chi connectivity index (χ0) is 22.4. The molecule has 0 unspecified atom stereocenters. The zero-order valence-corrected chi connectivity index (χ0v) is 16.0. The quantitative estimate of drug-likeness (QED) is 0.473. The number of alkyl halides is 3. The molecule has 3 N–H and O–H groups in total. The highest BCUT2D eigenvalue weighted by atomic mass is 19.4. The van der Waals surface area contributed by atoms with Gasteiger partial charge in [0, 0.05) is 22.6 Å². The van der Waals surface area contributed by atoms with Crippen LogP contribution in [0.5, 0.6) is 0 Å². The van der Waals surface area contributed by atoms with Gasteiger partial charge in [0.05, 0.1) is 12.1 Å². The third-order valence-electron chi connectivity index (χ3n) is 4.17. The highest BCUT2D eigenvalue weighted by Gasteiger charge is 2.34. The van der Waals surface area contributed by atoms with E-state index >= 15 is 0 Å². The molecule has 3 rings (SSSR count). The van der Waals surface area contributed by atoms with Crippen LogP contribution in [-0.2, 0) is 11.0 Å². The fourth-order valence-electron chi connectivity index (χ4n) is 2.75. The van der Waals surface area contributed by atoms with Gasteiger partial charge in [-0.3, -0.25) is 9.59 Å². The second-order valence-corrected chi connectivity index (χ2v) is 6.49. The van der Waals surface area contributed by atoms with Crippen LogP contribution in [0.2, 0.25) is 0 Å². The van der Waals surface area contributed by atoms with Crippen molar-refractivity contribution >= 4 is 28.9 Å². The number of amides is 2. The van der Waals surface area contributed by atoms with Gasteiger partial charge >= 0.3 is 6.18 Å². The van der Waals surface area contributed by atoms with E-state index in [-0.39, 0.29) is 17.1 Å². The average molecular weight is 431 g/mol. The molecule has 0 aliphatic heterocycles. The first-order chi connectivity index (χ1) is 14.7. The van der Waals surface area contributed by atoms with Crippen molar-refractivity contribution in [3.05, 3.63) is 89.7 Å². The predicted molar refractivity (Wildman–Crippen MR) is 109 cm³/mol. The van der Waals surface area contributed by atoms with Crippen molar-refractivity contribution in [2.24, 2.45) is 0 Å². The van der Waals surface area contributed by atoms with Gasteiger partial charge in [0.1, 0.15) is 5.82 Å². The summed E-state index contributed by atoms with van der Waals surface area (Å²) in [5.74, 6) is -1.76. The molecular formula is C22H17F4N3O2. The van der Waals surface area contributed by atoms with Crippen molar-refractivity contribution in [3.8, 4) is 0 Å². The molecule has 0 bridgehead atoms. The average Bonchev–Trinajstić information content (AvgIpc) is 2.72. The normalized spacial score (nSPS) is 11.0. The molecule has 3 aromatic rings. The Bertz CT molecular complexity index is 1090. The molecule has 5 nitrogen and oxygen atoms in total. The van der Waals surface area contributed by atoms with Crippen LogP contribution in [0.3, 0.4) is 0 Å². The third kappa shape index (κ3) is 6.05. The molecule has 2 amide bonds. The molecule has 0 heterocycles. The summed E-state index contributed by atoms with van der Waals surface area (Å²) in [7, 11) is 0. The highest BCUT2D eigenvalue weighted by Crippen LogP contribution is 2.36. The Morgan fingerprint density at radius 1 is 0.806 bits per heavy atom. The summed E-state index contributed by atoms with van der Waals surface area (Å²) in [6, 6.07) is 16.4. The Labute approximate surface area is 175 Å². The van der Waals surface area contributed by atoms with Crippen LogP contribution in [0.4, 0.5) is 34.6 Å². The van der Waals surface area contributed by atoms with Crippen LogP contribution >= 0.6 is 0 Å². The number of benzene rings is 3. The fraction of sp³-hybridized carbons (Fsp3) is 0.0909. The minimum Gasteiger partial charge on any atom is -0.376 e. The monoisotopic (exact) mass is 431 g/mol. The molecule has 0 aromatic heterocycles. The standard InChI is InChI=1S/C22H17F4N3O2/c23-15-7-4-8-16(11-15)28-20(30)13-27-19-10-9-17(12-18(19)22(24,25)26)29-21(31)14-5-2-1-3-6-14/h1-12,27H,13H2,(H,28,30)(H,29,31). The summed E-state index contributed by atoms with van der Waals surface area (Å²) in [6.07, 6.45) is -4.73. The maximum atomic E-state index is 13.5. The molecule has 3 aromatic carbocycles. The number of rotatable bonds is 6. The maximum Gasteiger partial charge on any atom is 0.418 e. The minimum atomic E-state index is -4.73. The second kappa shape index (κ2) is 9.29. The van der Waals surface area contributed by atoms with Crippen LogP contribution in [0.15, 0.2) is 72.8 Å². The van der Waals surface area contributed by atoms with Gasteiger partial charge in [-0.15, -0.1) is 0 Å². The van der Waals surface area contributed by atoms with Gasteiger partial charge in [-0.1, -0.05) is 24.3 Å². The van der Waals surface area contributed by atoms with E-state index in [1.54, 1.807) is 18.2 Å². The predicted octanol–water partition coefficient (Wildman–Crippen LogP) is 5.15. The SMILES string of the molecule is O=C(CNc1ccc(NC(=O)c2ccccc2)cc1C(F)(F)F)Nc1cccc(F)c1. The van der Waals surface area contributed by atoms with Gasteiger partial charge in [0.25, 0.3) is 5.91 Å². The zero-order valence-electron chi connectivity index (χ0n) is 16.0. The second-order valence-electron chi connectivity index (χ2n) is 6.49. The molecule has 0 spiro atoms. The number of hydrogen-bond acceptors (Lipinski definition) is 3. The van der Waals surface area contributed by atoms with Crippen LogP contribution < -0.4 is 16.0 Å². The van der Waals surface area contributed by atoms with E-state index in [1.807, 2.05) is 0 Å². The Hall–Kier alpha value is -3.88. The summed E-state index contributed by atoms with van der Waals surface area (Å²) in [4.78, 5) is 24.2. The first kappa shape index (κ1) is 21.8. The number of anilines is 3. The van der Waals surface area contributed by atoms with Crippen molar-refractivity contribution in [1.82, 2.24) is 0 Å². The van der Waals surface area contributed by atoms with Crippen LogP contribution in [0.1, 0.15) is 15.9 Å². The lowest BCUT2D eigenvalue weighted by atomic mass is 10.1. The summed E-state index contributed by atoms with van der Waals surface area (Å²) in [5, 5.41) is 7.23.